The number of esters is 1. The highest BCUT2D eigenvalue weighted by molar-refractivity contribution is 7.47. The Hall–Kier alpha value is -0.990. The summed E-state index contributed by atoms with van der Waals surface area (Å²) >= 11 is 0. The van der Waals surface area contributed by atoms with E-state index in [4.69, 9.17) is 13.8 Å². The van der Waals surface area contributed by atoms with Crippen LogP contribution in [0.3, 0.4) is 0 Å². The highest BCUT2D eigenvalue weighted by atomic mass is 31.2. The number of hydrogen-bond acceptors (Lipinski definition) is 7. The summed E-state index contributed by atoms with van der Waals surface area (Å²) in [5, 5.41) is 12.5. The van der Waals surface area contributed by atoms with Crippen LogP contribution in [-0.2, 0) is 27.9 Å². The number of aliphatic hydroxyl groups is 1. The van der Waals surface area contributed by atoms with Crippen LogP contribution < -0.4 is 5.32 Å². The number of aliphatic hydroxyl groups excluding tert-OH is 1. The second-order valence-electron chi connectivity index (χ2n) is 12.6. The molecule has 0 bridgehead atoms. The van der Waals surface area contributed by atoms with Gasteiger partial charge in [-0.1, -0.05) is 155 Å². The van der Waals surface area contributed by atoms with Crippen LogP contribution in [0.5, 0.6) is 0 Å². The number of hydrogen-bond donors (Lipinski definition) is 3. The van der Waals surface area contributed by atoms with Gasteiger partial charge in [0.15, 0.2) is 0 Å². The molecule has 0 rings (SSSR count). The maximum Gasteiger partial charge on any atom is 0.472 e. The molecule has 268 valence electrons. The van der Waals surface area contributed by atoms with Crippen molar-refractivity contribution in [3.63, 3.8) is 0 Å². The average Bonchev–Trinajstić information content (AvgIpc) is 3.02. The molecule has 0 aliphatic rings. The van der Waals surface area contributed by atoms with Crippen LogP contribution >= 0.6 is 7.82 Å². The van der Waals surface area contributed by atoms with Gasteiger partial charge in [0.2, 0.25) is 5.91 Å². The van der Waals surface area contributed by atoms with E-state index in [-0.39, 0.29) is 25.7 Å². The summed E-state index contributed by atoms with van der Waals surface area (Å²) in [4.78, 5) is 33.3. The van der Waals surface area contributed by atoms with Crippen molar-refractivity contribution in [3.05, 3.63) is 0 Å². The largest absolute Gasteiger partial charge is 0.472 e. The van der Waals surface area contributed by atoms with E-state index in [2.05, 4.69) is 19.2 Å². The van der Waals surface area contributed by atoms with Crippen molar-refractivity contribution in [1.82, 2.24) is 5.32 Å². The van der Waals surface area contributed by atoms with E-state index in [1.54, 1.807) is 0 Å². The summed E-state index contributed by atoms with van der Waals surface area (Å²) in [6.45, 7) is 3.44. The minimum atomic E-state index is -4.39. The van der Waals surface area contributed by atoms with Gasteiger partial charge in [0.25, 0.3) is 0 Å². The Labute approximate surface area is 275 Å². The van der Waals surface area contributed by atoms with E-state index in [9.17, 15) is 24.2 Å². The molecule has 0 fully saturated rings. The number of carbonyl (C=O) groups is 2. The van der Waals surface area contributed by atoms with Crippen molar-refractivity contribution in [3.8, 4) is 0 Å². The zero-order valence-electron chi connectivity index (χ0n) is 29.1. The molecule has 10 heteroatoms. The number of phosphoric acid groups is 1. The predicted octanol–water partition coefficient (Wildman–Crippen LogP) is 9.32. The second kappa shape index (κ2) is 32.9. The summed E-state index contributed by atoms with van der Waals surface area (Å²) in [6, 6.07) is 0. The molecule has 0 aromatic carbocycles. The lowest BCUT2D eigenvalue weighted by Crippen LogP contribution is -2.27. The van der Waals surface area contributed by atoms with Crippen LogP contribution in [-0.4, -0.2) is 54.3 Å². The summed E-state index contributed by atoms with van der Waals surface area (Å²) < 4.78 is 26.5. The van der Waals surface area contributed by atoms with Gasteiger partial charge in [-0.15, -0.1) is 0 Å². The summed E-state index contributed by atoms with van der Waals surface area (Å²) in [7, 11) is -4.39. The zero-order chi connectivity index (χ0) is 33.3. The molecule has 0 radical (unpaired) electrons. The number of amides is 1. The quantitative estimate of drug-likeness (QED) is 0.0347. The first-order chi connectivity index (χ1) is 21.8. The molecule has 0 saturated heterocycles. The van der Waals surface area contributed by atoms with E-state index in [1.807, 2.05) is 0 Å². The van der Waals surface area contributed by atoms with Crippen LogP contribution in [0, 0.1) is 0 Å². The first-order valence-corrected chi connectivity index (χ1v) is 20.0. The highest BCUT2D eigenvalue weighted by Crippen LogP contribution is 2.42. The molecule has 1 amide bonds. The molecule has 0 aliphatic heterocycles. The van der Waals surface area contributed by atoms with Gasteiger partial charge in [-0.25, -0.2) is 4.57 Å². The zero-order valence-corrected chi connectivity index (χ0v) is 30.0. The lowest BCUT2D eigenvalue weighted by molar-refractivity contribution is -0.147. The molecule has 0 saturated carbocycles. The lowest BCUT2D eigenvalue weighted by atomic mass is 10.0. The molecule has 0 heterocycles. The standard InChI is InChI=1S/C35H70NO8P/c1-3-5-7-9-10-11-12-13-14-15-16-17-18-19-20-21-22-23-24-26-28-35(39)42-31-33(37)32-44-45(40,41)43-30-29-36-34(38)27-25-8-6-4-2/h33,37H,3-32H2,1-2H3,(H,36,38)(H,40,41). The third kappa shape index (κ3) is 34.2. The fraction of sp³-hybridized carbons (Fsp3) is 0.943. The van der Waals surface area contributed by atoms with Gasteiger partial charge in [0, 0.05) is 19.4 Å². The van der Waals surface area contributed by atoms with Crippen molar-refractivity contribution in [1.29, 1.82) is 0 Å². The van der Waals surface area contributed by atoms with E-state index in [0.717, 1.165) is 44.9 Å². The van der Waals surface area contributed by atoms with Gasteiger partial charge in [0.05, 0.1) is 13.2 Å². The Morgan fingerprint density at radius 1 is 0.600 bits per heavy atom. The van der Waals surface area contributed by atoms with Gasteiger partial charge in [0.1, 0.15) is 12.7 Å². The number of unbranched alkanes of at least 4 members (excludes halogenated alkanes) is 22. The maximum absolute atomic E-state index is 11.9. The van der Waals surface area contributed by atoms with Gasteiger partial charge in [-0.05, 0) is 12.8 Å². The fourth-order valence-corrected chi connectivity index (χ4v) is 5.96. The van der Waals surface area contributed by atoms with Crippen molar-refractivity contribution in [2.24, 2.45) is 0 Å². The average molecular weight is 664 g/mol. The van der Waals surface area contributed by atoms with Crippen molar-refractivity contribution in [2.45, 2.75) is 187 Å². The molecule has 2 atom stereocenters. The molecule has 0 aromatic rings. The first-order valence-electron chi connectivity index (χ1n) is 18.5. The molecular formula is C35H70NO8P. The minimum Gasteiger partial charge on any atom is -0.463 e. The Bertz CT molecular complexity index is 724. The first kappa shape index (κ1) is 44.0. The number of phosphoric ester groups is 1. The third-order valence-electron chi connectivity index (χ3n) is 8.04. The molecule has 3 N–H and O–H groups in total. The molecule has 0 aliphatic carbocycles. The topological polar surface area (TPSA) is 131 Å². The fourth-order valence-electron chi connectivity index (χ4n) is 5.20. The van der Waals surface area contributed by atoms with Crippen LogP contribution in [0.1, 0.15) is 181 Å². The minimum absolute atomic E-state index is 0.0835. The summed E-state index contributed by atoms with van der Waals surface area (Å²) in [5.41, 5.74) is 0. The van der Waals surface area contributed by atoms with Crippen molar-refractivity contribution < 1.29 is 37.9 Å². The van der Waals surface area contributed by atoms with Gasteiger partial charge in [-0.2, -0.15) is 0 Å². The molecule has 45 heavy (non-hydrogen) atoms. The summed E-state index contributed by atoms with van der Waals surface area (Å²) in [6.07, 6.45) is 29.5. The molecular weight excluding hydrogens is 593 g/mol. The lowest BCUT2D eigenvalue weighted by Gasteiger charge is -2.15. The van der Waals surface area contributed by atoms with E-state index >= 15 is 0 Å². The summed E-state index contributed by atoms with van der Waals surface area (Å²) in [5.74, 6) is -0.527. The SMILES string of the molecule is CCCCCCCCCCCCCCCCCCCCCCC(=O)OCC(O)COP(=O)(O)OCCNC(=O)CCCCCC. The van der Waals surface area contributed by atoms with E-state index in [1.165, 1.54) is 109 Å². The molecule has 0 aromatic heterocycles. The number of nitrogens with one attached hydrogen (secondary N) is 1. The van der Waals surface area contributed by atoms with Crippen LogP contribution in [0.25, 0.3) is 0 Å². The number of ether oxygens (including phenoxy) is 1. The van der Waals surface area contributed by atoms with E-state index < -0.39 is 26.5 Å². The third-order valence-corrected chi connectivity index (χ3v) is 9.02. The highest BCUT2D eigenvalue weighted by Gasteiger charge is 2.23. The van der Waals surface area contributed by atoms with Gasteiger partial charge < -0.3 is 20.1 Å². The van der Waals surface area contributed by atoms with Crippen LogP contribution in [0.15, 0.2) is 0 Å². The molecule has 2 unspecified atom stereocenters. The second-order valence-corrected chi connectivity index (χ2v) is 14.0. The van der Waals surface area contributed by atoms with Crippen LogP contribution in [0.4, 0.5) is 0 Å². The maximum atomic E-state index is 11.9. The number of rotatable bonds is 35. The Kier molecular flexibility index (Phi) is 32.2. The number of carbonyl (C=O) groups excluding carboxylic acids is 2. The predicted molar refractivity (Wildman–Crippen MR) is 183 cm³/mol. The van der Waals surface area contributed by atoms with Crippen LogP contribution in [0.2, 0.25) is 0 Å². The van der Waals surface area contributed by atoms with Crippen molar-refractivity contribution in [2.75, 3.05) is 26.4 Å². The molecule has 9 nitrogen and oxygen atoms in total. The van der Waals surface area contributed by atoms with Crippen molar-refractivity contribution >= 4 is 19.7 Å². The Balaban J connectivity index is 3.50. The van der Waals surface area contributed by atoms with E-state index in [0.29, 0.717) is 12.8 Å². The monoisotopic (exact) mass is 663 g/mol. The molecule has 0 spiro atoms. The smallest absolute Gasteiger partial charge is 0.463 e. The van der Waals surface area contributed by atoms with Gasteiger partial charge in [-0.3, -0.25) is 18.6 Å². The Morgan fingerprint density at radius 2 is 1.00 bits per heavy atom. The normalized spacial score (nSPS) is 13.4. The Morgan fingerprint density at radius 3 is 1.47 bits per heavy atom. The van der Waals surface area contributed by atoms with Gasteiger partial charge >= 0.3 is 13.8 Å².